The van der Waals surface area contributed by atoms with E-state index in [1.165, 1.54) is 24.4 Å². The highest BCUT2D eigenvalue weighted by Gasteiger charge is 2.06. The first kappa shape index (κ1) is 17.2. The van der Waals surface area contributed by atoms with Gasteiger partial charge in [0.25, 0.3) is 0 Å². The molecule has 3 aromatic rings. The van der Waals surface area contributed by atoms with Crippen LogP contribution in [0.4, 0.5) is 0 Å². The number of hydrogen-bond donors (Lipinski definition) is 0. The Kier molecular flexibility index (Phi) is 7.82. The summed E-state index contributed by atoms with van der Waals surface area (Å²) in [5.74, 6) is 0. The zero-order chi connectivity index (χ0) is 15.0. The summed E-state index contributed by atoms with van der Waals surface area (Å²) in [5, 5.41) is 2.13. The van der Waals surface area contributed by atoms with Crippen molar-refractivity contribution in [2.75, 3.05) is 0 Å². The molecule has 0 aliphatic heterocycles. The smallest absolute Gasteiger partial charge is 0.0449 e. The summed E-state index contributed by atoms with van der Waals surface area (Å²) >= 11 is 5.55. The molecule has 0 saturated carbocycles. The van der Waals surface area contributed by atoms with Gasteiger partial charge in [0, 0.05) is 24.4 Å². The largest absolute Gasteiger partial charge is 0.143 e. The molecule has 20 heavy (non-hydrogen) atoms. The Labute approximate surface area is 134 Å². The van der Waals surface area contributed by atoms with Crippen molar-refractivity contribution in [2.24, 2.45) is 0 Å². The lowest BCUT2D eigenvalue weighted by atomic mass is 10.3. The molecule has 0 bridgehead atoms. The second-order valence-electron chi connectivity index (χ2n) is 3.55. The first-order chi connectivity index (χ1) is 9.83. The maximum absolute atomic E-state index is 2.23. The molecule has 0 saturated heterocycles. The zero-order valence-corrected chi connectivity index (χ0v) is 15.2. The van der Waals surface area contributed by atoms with Gasteiger partial charge in [0.2, 0.25) is 0 Å². The van der Waals surface area contributed by atoms with E-state index in [1.54, 1.807) is 11.3 Å². The van der Waals surface area contributed by atoms with Crippen molar-refractivity contribution < 1.29 is 0 Å². The van der Waals surface area contributed by atoms with Gasteiger partial charge in [-0.05, 0) is 42.6 Å². The topological polar surface area (TPSA) is 0 Å². The molecule has 0 N–H and O–H groups in total. The summed E-state index contributed by atoms with van der Waals surface area (Å²) in [6.45, 7) is 10.2. The van der Waals surface area contributed by atoms with Crippen molar-refractivity contribution in [3.05, 3.63) is 46.7 Å². The van der Waals surface area contributed by atoms with Crippen LogP contribution in [0, 0.1) is 6.92 Å². The van der Waals surface area contributed by atoms with Gasteiger partial charge in [0.1, 0.15) is 0 Å². The fourth-order valence-corrected chi connectivity index (χ4v) is 4.39. The predicted molar refractivity (Wildman–Crippen MR) is 98.4 cm³/mol. The molecular formula is C17H22S3. The van der Waals surface area contributed by atoms with Crippen molar-refractivity contribution in [2.45, 2.75) is 34.6 Å². The summed E-state index contributed by atoms with van der Waals surface area (Å²) in [4.78, 5) is 6.87. The molecule has 0 spiro atoms. The van der Waals surface area contributed by atoms with Gasteiger partial charge in [-0.25, -0.2) is 0 Å². The lowest BCUT2D eigenvalue weighted by Gasteiger charge is -1.90. The van der Waals surface area contributed by atoms with Crippen LogP contribution in [0.3, 0.4) is 0 Å². The average Bonchev–Trinajstić information content (AvgIpc) is 3.23. The Bertz CT molecular complexity index is 585. The highest BCUT2D eigenvalue weighted by molar-refractivity contribution is 7.26. The second kappa shape index (κ2) is 9.11. The normalized spacial score (nSPS) is 9.25. The molecule has 0 fully saturated rings. The second-order valence-corrected chi connectivity index (χ2v) is 6.87. The number of aryl methyl sites for hydroxylation is 1. The van der Waals surface area contributed by atoms with E-state index in [1.807, 2.05) is 50.4 Å². The van der Waals surface area contributed by atoms with Gasteiger partial charge in [-0.3, -0.25) is 0 Å². The van der Waals surface area contributed by atoms with Crippen LogP contribution >= 0.6 is 34.0 Å². The van der Waals surface area contributed by atoms with Crippen LogP contribution < -0.4 is 0 Å². The Morgan fingerprint density at radius 2 is 1.20 bits per heavy atom. The predicted octanol–water partition coefficient (Wildman–Crippen LogP) is 7.57. The third kappa shape index (κ3) is 4.30. The molecule has 0 atom stereocenters. The minimum atomic E-state index is 1.37. The summed E-state index contributed by atoms with van der Waals surface area (Å²) in [6.07, 6.45) is 0. The number of thiophene rings is 3. The monoisotopic (exact) mass is 322 g/mol. The van der Waals surface area contributed by atoms with E-state index >= 15 is 0 Å². The maximum atomic E-state index is 2.23. The van der Waals surface area contributed by atoms with E-state index in [-0.39, 0.29) is 0 Å². The Balaban J connectivity index is 0.000000461. The summed E-state index contributed by atoms with van der Waals surface area (Å²) in [7, 11) is 0. The van der Waals surface area contributed by atoms with E-state index < -0.39 is 0 Å². The Hall–Kier alpha value is -0.900. The van der Waals surface area contributed by atoms with E-state index in [0.717, 1.165) is 0 Å². The van der Waals surface area contributed by atoms with Crippen LogP contribution in [-0.2, 0) is 0 Å². The van der Waals surface area contributed by atoms with E-state index in [9.17, 15) is 0 Å². The van der Waals surface area contributed by atoms with Gasteiger partial charge in [0.05, 0.1) is 0 Å². The Morgan fingerprint density at radius 1 is 0.650 bits per heavy atom. The lowest BCUT2D eigenvalue weighted by Crippen LogP contribution is -1.57. The van der Waals surface area contributed by atoms with Gasteiger partial charge in [0.15, 0.2) is 0 Å². The first-order valence-corrected chi connectivity index (χ1v) is 9.55. The first-order valence-electron chi connectivity index (χ1n) is 7.03. The molecule has 0 radical (unpaired) electrons. The summed E-state index contributed by atoms with van der Waals surface area (Å²) < 4.78 is 0. The third-order valence-electron chi connectivity index (χ3n) is 2.35. The molecule has 0 aromatic carbocycles. The van der Waals surface area contributed by atoms with Crippen molar-refractivity contribution >= 4 is 34.0 Å². The fourth-order valence-electron chi connectivity index (χ4n) is 1.59. The number of rotatable bonds is 2. The Morgan fingerprint density at radius 3 is 1.70 bits per heavy atom. The molecule has 0 unspecified atom stereocenters. The quantitative estimate of drug-likeness (QED) is 0.456. The zero-order valence-electron chi connectivity index (χ0n) is 12.8. The van der Waals surface area contributed by atoms with Crippen LogP contribution in [0.5, 0.6) is 0 Å². The highest BCUT2D eigenvalue weighted by atomic mass is 32.1. The van der Waals surface area contributed by atoms with Crippen LogP contribution in [0.2, 0.25) is 0 Å². The van der Waals surface area contributed by atoms with Crippen molar-refractivity contribution in [1.82, 2.24) is 0 Å². The molecule has 108 valence electrons. The SMILES string of the molecule is CC.CC.Cc1ccc(-c2ccc(-c3cccs3)s2)s1. The molecule has 3 rings (SSSR count). The molecule has 3 heteroatoms. The van der Waals surface area contributed by atoms with Crippen molar-refractivity contribution in [3.63, 3.8) is 0 Å². The molecule has 0 aliphatic carbocycles. The average molecular weight is 323 g/mol. The molecule has 0 nitrogen and oxygen atoms in total. The van der Waals surface area contributed by atoms with Gasteiger partial charge in [-0.1, -0.05) is 33.8 Å². The minimum Gasteiger partial charge on any atom is -0.143 e. The minimum absolute atomic E-state index is 1.37. The van der Waals surface area contributed by atoms with Gasteiger partial charge >= 0.3 is 0 Å². The summed E-state index contributed by atoms with van der Waals surface area (Å²) in [6, 6.07) is 13.1. The standard InChI is InChI=1S/C13H10S3.2C2H6/c1-9-4-5-12(15-9)13-7-6-11(16-13)10-3-2-8-14-10;2*1-2/h2-8H,1H3;2*1-2H3. The fraction of sp³-hybridized carbons (Fsp3) is 0.294. The third-order valence-corrected chi connectivity index (χ3v) is 5.70. The molecule has 0 aliphatic rings. The van der Waals surface area contributed by atoms with Gasteiger partial charge in [-0.2, -0.15) is 0 Å². The highest BCUT2D eigenvalue weighted by Crippen LogP contribution is 2.38. The van der Waals surface area contributed by atoms with Crippen molar-refractivity contribution in [3.8, 4) is 19.5 Å². The van der Waals surface area contributed by atoms with Crippen LogP contribution in [0.15, 0.2) is 41.8 Å². The van der Waals surface area contributed by atoms with Gasteiger partial charge < -0.3 is 0 Å². The van der Waals surface area contributed by atoms with Crippen LogP contribution in [0.25, 0.3) is 19.5 Å². The molecule has 3 heterocycles. The van der Waals surface area contributed by atoms with Crippen LogP contribution in [-0.4, -0.2) is 0 Å². The molecular weight excluding hydrogens is 300 g/mol. The lowest BCUT2D eigenvalue weighted by molar-refractivity contribution is 1.50. The van der Waals surface area contributed by atoms with Crippen LogP contribution in [0.1, 0.15) is 32.6 Å². The van der Waals surface area contributed by atoms with E-state index in [2.05, 4.69) is 48.7 Å². The van der Waals surface area contributed by atoms with Gasteiger partial charge in [-0.15, -0.1) is 34.0 Å². The van der Waals surface area contributed by atoms with E-state index in [4.69, 9.17) is 0 Å². The number of hydrogen-bond acceptors (Lipinski definition) is 3. The van der Waals surface area contributed by atoms with E-state index in [0.29, 0.717) is 0 Å². The summed E-state index contributed by atoms with van der Waals surface area (Å²) in [5.41, 5.74) is 0. The van der Waals surface area contributed by atoms with Crippen molar-refractivity contribution in [1.29, 1.82) is 0 Å². The maximum Gasteiger partial charge on any atom is 0.0449 e. The molecule has 0 amide bonds. The molecule has 3 aromatic heterocycles.